The smallest absolute Gasteiger partial charge is 0.339 e. The van der Waals surface area contributed by atoms with Crippen LogP contribution in [0.15, 0.2) is 12.1 Å². The molecule has 0 amide bonds. The second-order valence-electron chi connectivity index (χ2n) is 2.45. The average Bonchev–Trinajstić information content (AvgIpc) is 2.10. The summed E-state index contributed by atoms with van der Waals surface area (Å²) in [6, 6.07) is 2.81. The van der Waals surface area contributed by atoms with Crippen molar-refractivity contribution in [3.63, 3.8) is 0 Å². The molecule has 5 heteroatoms. The van der Waals surface area contributed by atoms with Gasteiger partial charge in [-0.15, -0.1) is 0 Å². The molecular weight excluding hydrogens is 192 g/mol. The average molecular weight is 201 g/mol. The van der Waals surface area contributed by atoms with Crippen molar-refractivity contribution < 1.29 is 9.53 Å². The third kappa shape index (κ3) is 1.84. The first-order valence-corrected chi connectivity index (χ1v) is 3.87. The van der Waals surface area contributed by atoms with E-state index in [1.165, 1.54) is 19.2 Å². The second kappa shape index (κ2) is 3.53. The number of nitrogen functional groups attached to an aromatic ring is 2. The molecule has 0 saturated carbocycles. The first kappa shape index (κ1) is 9.67. The molecule has 4 N–H and O–H groups in total. The minimum atomic E-state index is -0.531. The Morgan fingerprint density at radius 1 is 1.38 bits per heavy atom. The predicted molar refractivity (Wildman–Crippen MR) is 51.6 cm³/mol. The summed E-state index contributed by atoms with van der Waals surface area (Å²) in [6.45, 7) is 0. The number of methoxy groups -OCH3 is 1. The SMILES string of the molecule is COC(=O)c1cc(N)c(N)cc1Cl. The normalized spacial score (nSPS) is 9.69. The van der Waals surface area contributed by atoms with Crippen molar-refractivity contribution >= 4 is 28.9 Å². The molecule has 13 heavy (non-hydrogen) atoms. The Kier molecular flexibility index (Phi) is 2.63. The van der Waals surface area contributed by atoms with E-state index in [0.717, 1.165) is 0 Å². The number of benzene rings is 1. The third-order valence-electron chi connectivity index (χ3n) is 1.58. The highest BCUT2D eigenvalue weighted by atomic mass is 35.5. The summed E-state index contributed by atoms with van der Waals surface area (Å²) in [7, 11) is 1.27. The van der Waals surface area contributed by atoms with Gasteiger partial charge >= 0.3 is 5.97 Å². The summed E-state index contributed by atoms with van der Waals surface area (Å²) >= 11 is 5.74. The van der Waals surface area contributed by atoms with Gasteiger partial charge in [0.05, 0.1) is 29.1 Å². The Bertz CT molecular complexity index is 352. The zero-order valence-corrected chi connectivity index (χ0v) is 7.76. The minimum absolute atomic E-state index is 0.218. The Hall–Kier alpha value is -1.42. The summed E-state index contributed by atoms with van der Waals surface area (Å²) < 4.78 is 4.49. The van der Waals surface area contributed by atoms with Gasteiger partial charge in [-0.05, 0) is 12.1 Å². The standard InChI is InChI=1S/C8H9ClN2O2/c1-13-8(12)4-2-6(10)7(11)3-5(4)9/h2-3H,10-11H2,1H3. The van der Waals surface area contributed by atoms with Crippen molar-refractivity contribution in [1.29, 1.82) is 0 Å². The fourth-order valence-electron chi connectivity index (χ4n) is 0.872. The Balaban J connectivity index is 3.23. The number of carbonyl (C=O) groups is 1. The van der Waals surface area contributed by atoms with Crippen molar-refractivity contribution in [2.45, 2.75) is 0 Å². The van der Waals surface area contributed by atoms with Gasteiger partial charge in [0.1, 0.15) is 0 Å². The number of halogens is 1. The van der Waals surface area contributed by atoms with Gasteiger partial charge in [-0.2, -0.15) is 0 Å². The fraction of sp³-hybridized carbons (Fsp3) is 0.125. The highest BCUT2D eigenvalue weighted by Crippen LogP contribution is 2.25. The highest BCUT2D eigenvalue weighted by Gasteiger charge is 2.12. The van der Waals surface area contributed by atoms with Crippen molar-refractivity contribution in [3.05, 3.63) is 22.7 Å². The molecule has 4 nitrogen and oxygen atoms in total. The molecule has 0 heterocycles. The third-order valence-corrected chi connectivity index (χ3v) is 1.89. The zero-order chi connectivity index (χ0) is 10.0. The number of ether oxygens (including phenoxy) is 1. The maximum absolute atomic E-state index is 11.1. The molecule has 0 spiro atoms. The number of carbonyl (C=O) groups excluding carboxylic acids is 1. The predicted octanol–water partition coefficient (Wildman–Crippen LogP) is 1.29. The lowest BCUT2D eigenvalue weighted by Crippen LogP contribution is -2.04. The van der Waals surface area contributed by atoms with Crippen LogP contribution in [-0.4, -0.2) is 13.1 Å². The van der Waals surface area contributed by atoms with Crippen LogP contribution in [0.25, 0.3) is 0 Å². The topological polar surface area (TPSA) is 78.3 Å². The first-order chi connectivity index (χ1) is 6.06. The quantitative estimate of drug-likeness (QED) is 0.529. The van der Waals surface area contributed by atoms with Crippen LogP contribution in [0.4, 0.5) is 11.4 Å². The summed E-state index contributed by atoms with van der Waals surface area (Å²) in [5.41, 5.74) is 11.8. The van der Waals surface area contributed by atoms with Gasteiger partial charge in [0, 0.05) is 0 Å². The zero-order valence-electron chi connectivity index (χ0n) is 7.00. The molecule has 0 aliphatic rings. The van der Waals surface area contributed by atoms with Crippen molar-refractivity contribution in [1.82, 2.24) is 0 Å². The lowest BCUT2D eigenvalue weighted by molar-refractivity contribution is 0.0601. The van der Waals surface area contributed by atoms with Crippen LogP contribution in [0, 0.1) is 0 Å². The van der Waals surface area contributed by atoms with E-state index in [0.29, 0.717) is 11.4 Å². The number of rotatable bonds is 1. The molecule has 0 radical (unpaired) electrons. The van der Waals surface area contributed by atoms with Crippen molar-refractivity contribution in [2.24, 2.45) is 0 Å². The molecule has 0 aliphatic heterocycles. The van der Waals surface area contributed by atoms with Gasteiger partial charge in [0.25, 0.3) is 0 Å². The molecular formula is C8H9ClN2O2. The summed E-state index contributed by atoms with van der Waals surface area (Å²) in [5, 5.41) is 0.235. The second-order valence-corrected chi connectivity index (χ2v) is 2.86. The van der Waals surface area contributed by atoms with Crippen LogP contribution in [0.2, 0.25) is 5.02 Å². The van der Waals surface area contributed by atoms with E-state index in [9.17, 15) is 4.79 Å². The van der Waals surface area contributed by atoms with E-state index >= 15 is 0 Å². The number of anilines is 2. The maximum Gasteiger partial charge on any atom is 0.339 e. The molecule has 0 aliphatic carbocycles. The highest BCUT2D eigenvalue weighted by molar-refractivity contribution is 6.34. The van der Waals surface area contributed by atoms with Crippen molar-refractivity contribution in [2.75, 3.05) is 18.6 Å². The van der Waals surface area contributed by atoms with Gasteiger partial charge in [-0.3, -0.25) is 0 Å². The van der Waals surface area contributed by atoms with Crippen LogP contribution < -0.4 is 11.5 Å². The van der Waals surface area contributed by atoms with E-state index < -0.39 is 5.97 Å². The number of esters is 1. The van der Waals surface area contributed by atoms with Gasteiger partial charge in [-0.1, -0.05) is 11.6 Å². The largest absolute Gasteiger partial charge is 0.465 e. The number of hydrogen-bond acceptors (Lipinski definition) is 4. The van der Waals surface area contributed by atoms with Crippen LogP contribution in [0.1, 0.15) is 10.4 Å². The molecule has 1 aromatic rings. The monoisotopic (exact) mass is 200 g/mol. The van der Waals surface area contributed by atoms with Gasteiger partial charge in [0.15, 0.2) is 0 Å². The maximum atomic E-state index is 11.1. The number of nitrogens with two attached hydrogens (primary N) is 2. The van der Waals surface area contributed by atoms with Gasteiger partial charge in [0.2, 0.25) is 0 Å². The summed E-state index contributed by atoms with van der Waals surface area (Å²) in [5.74, 6) is -0.531. The molecule has 0 saturated heterocycles. The molecule has 0 bridgehead atoms. The molecule has 0 atom stereocenters. The lowest BCUT2D eigenvalue weighted by atomic mass is 10.2. The minimum Gasteiger partial charge on any atom is -0.465 e. The van der Waals surface area contributed by atoms with Crippen LogP contribution in [0.3, 0.4) is 0 Å². The summed E-state index contributed by atoms with van der Waals surface area (Å²) in [4.78, 5) is 11.1. The summed E-state index contributed by atoms with van der Waals surface area (Å²) in [6.07, 6.45) is 0. The molecule has 1 aromatic carbocycles. The van der Waals surface area contributed by atoms with Gasteiger partial charge in [-0.25, -0.2) is 4.79 Å². The van der Waals surface area contributed by atoms with E-state index in [2.05, 4.69) is 4.74 Å². The Morgan fingerprint density at radius 3 is 2.46 bits per heavy atom. The first-order valence-electron chi connectivity index (χ1n) is 3.49. The molecule has 70 valence electrons. The Labute approximate surface area is 80.4 Å². The van der Waals surface area contributed by atoms with Crippen molar-refractivity contribution in [3.8, 4) is 0 Å². The van der Waals surface area contributed by atoms with E-state index in [1.54, 1.807) is 0 Å². The molecule has 0 fully saturated rings. The van der Waals surface area contributed by atoms with E-state index in [-0.39, 0.29) is 10.6 Å². The van der Waals surface area contributed by atoms with E-state index in [1.807, 2.05) is 0 Å². The molecule has 0 unspecified atom stereocenters. The van der Waals surface area contributed by atoms with Crippen LogP contribution in [-0.2, 0) is 4.74 Å². The Morgan fingerprint density at radius 2 is 1.92 bits per heavy atom. The molecule has 0 aromatic heterocycles. The fourth-order valence-corrected chi connectivity index (χ4v) is 1.12. The van der Waals surface area contributed by atoms with Crippen LogP contribution in [0.5, 0.6) is 0 Å². The number of hydrogen-bond donors (Lipinski definition) is 2. The van der Waals surface area contributed by atoms with E-state index in [4.69, 9.17) is 23.1 Å². The molecule has 1 rings (SSSR count). The van der Waals surface area contributed by atoms with Crippen LogP contribution >= 0.6 is 11.6 Å². The lowest BCUT2D eigenvalue weighted by Gasteiger charge is -2.05. The van der Waals surface area contributed by atoms with Gasteiger partial charge < -0.3 is 16.2 Å².